The molecule has 0 spiro atoms. The first-order valence-corrected chi connectivity index (χ1v) is 11.4. The predicted octanol–water partition coefficient (Wildman–Crippen LogP) is 3.72. The average molecular weight is 469 g/mol. The number of hydrogen-bond donors (Lipinski definition) is 2. The normalized spacial score (nSPS) is 15.7. The first kappa shape index (κ1) is 21.2. The fraction of sp³-hybridized carbons (Fsp3) is 0.240. The Labute approximate surface area is 201 Å². The van der Waals surface area contributed by atoms with Crippen LogP contribution in [-0.2, 0) is 7.05 Å². The number of benzene rings is 2. The molecule has 2 N–H and O–H groups in total. The number of ether oxygens (including phenoxy) is 1. The van der Waals surface area contributed by atoms with E-state index in [0.717, 1.165) is 40.3 Å². The van der Waals surface area contributed by atoms with Gasteiger partial charge in [-0.15, -0.1) is 0 Å². The number of imidazole rings is 1. The van der Waals surface area contributed by atoms with Crippen LogP contribution in [0.15, 0.2) is 55.2 Å². The number of nitrogens with one attached hydrogen (secondary N) is 1. The first-order valence-electron chi connectivity index (χ1n) is 11.4. The van der Waals surface area contributed by atoms with Crippen LogP contribution >= 0.6 is 0 Å². The quantitative estimate of drug-likeness (QED) is 0.398. The maximum Gasteiger partial charge on any atom is 0.226 e. The Morgan fingerprint density at radius 2 is 1.97 bits per heavy atom. The third-order valence-corrected chi connectivity index (χ3v) is 6.17. The zero-order valence-corrected chi connectivity index (χ0v) is 19.4. The molecule has 176 valence electrons. The number of aliphatic hydroxyl groups excluding tert-OH is 1. The molecule has 1 unspecified atom stereocenters. The molecule has 3 aromatic heterocycles. The number of aryl methyl sites for hydroxylation is 2. The third-order valence-electron chi connectivity index (χ3n) is 6.17. The van der Waals surface area contributed by atoms with Crippen molar-refractivity contribution in [3.05, 3.63) is 60.8 Å². The fourth-order valence-corrected chi connectivity index (χ4v) is 4.30. The zero-order chi connectivity index (χ0) is 23.9. The Morgan fingerprint density at radius 1 is 1.06 bits per heavy atom. The molecule has 1 aliphatic rings. The Balaban J connectivity index is 1.25. The van der Waals surface area contributed by atoms with E-state index in [0.29, 0.717) is 35.8 Å². The standard InChI is InChI=1S/C25H24N8O2/c1-15-9-16(3-6-22(15)35-18-4-5-21-19(10-18)29-14-32(21)2)30-24-23-20(27-13-28-24)11-26-25(31-23)33-8-7-17(34)12-33/h3-6,9-11,13-14,17,34H,7-8,12H2,1-2H3,(H,27,28,30). The number of fused-ring (bicyclic) bond motifs is 2. The second kappa shape index (κ2) is 8.48. The molecule has 35 heavy (non-hydrogen) atoms. The van der Waals surface area contributed by atoms with Gasteiger partial charge in [-0.25, -0.2) is 24.9 Å². The maximum atomic E-state index is 9.86. The van der Waals surface area contributed by atoms with E-state index in [4.69, 9.17) is 9.72 Å². The van der Waals surface area contributed by atoms with Crippen molar-refractivity contribution < 1.29 is 9.84 Å². The minimum absolute atomic E-state index is 0.353. The summed E-state index contributed by atoms with van der Waals surface area (Å²) in [5.41, 5.74) is 5.04. The number of hydrogen-bond acceptors (Lipinski definition) is 9. The van der Waals surface area contributed by atoms with Crippen molar-refractivity contribution in [3.63, 3.8) is 0 Å². The molecule has 10 nitrogen and oxygen atoms in total. The summed E-state index contributed by atoms with van der Waals surface area (Å²) in [5.74, 6) is 2.65. The van der Waals surface area contributed by atoms with Crippen LogP contribution in [0.25, 0.3) is 22.1 Å². The van der Waals surface area contributed by atoms with Crippen molar-refractivity contribution in [1.29, 1.82) is 0 Å². The Morgan fingerprint density at radius 3 is 2.80 bits per heavy atom. The van der Waals surface area contributed by atoms with Gasteiger partial charge in [0.15, 0.2) is 5.82 Å². The summed E-state index contributed by atoms with van der Waals surface area (Å²) in [6.45, 7) is 3.24. The number of aliphatic hydroxyl groups is 1. The Hall–Kier alpha value is -4.31. The van der Waals surface area contributed by atoms with E-state index in [1.807, 2.05) is 59.8 Å². The molecule has 1 saturated heterocycles. The van der Waals surface area contributed by atoms with Crippen molar-refractivity contribution >= 4 is 39.5 Å². The molecule has 0 aliphatic carbocycles. The number of aromatic nitrogens is 6. The van der Waals surface area contributed by atoms with Crippen molar-refractivity contribution in [2.75, 3.05) is 23.3 Å². The Kier molecular flexibility index (Phi) is 5.14. The summed E-state index contributed by atoms with van der Waals surface area (Å²) in [5, 5.41) is 13.2. The van der Waals surface area contributed by atoms with Crippen molar-refractivity contribution in [3.8, 4) is 11.5 Å². The smallest absolute Gasteiger partial charge is 0.226 e. The maximum absolute atomic E-state index is 9.86. The number of rotatable bonds is 5. The highest BCUT2D eigenvalue weighted by Gasteiger charge is 2.23. The summed E-state index contributed by atoms with van der Waals surface area (Å²) >= 11 is 0. The van der Waals surface area contributed by atoms with Crippen LogP contribution in [0.1, 0.15) is 12.0 Å². The number of anilines is 3. The minimum Gasteiger partial charge on any atom is -0.457 e. The molecule has 1 aliphatic heterocycles. The predicted molar refractivity (Wildman–Crippen MR) is 133 cm³/mol. The highest BCUT2D eigenvalue weighted by molar-refractivity contribution is 5.87. The van der Waals surface area contributed by atoms with Crippen LogP contribution in [0.3, 0.4) is 0 Å². The second-order valence-corrected chi connectivity index (χ2v) is 8.73. The van der Waals surface area contributed by atoms with Crippen LogP contribution in [-0.4, -0.2) is 53.8 Å². The first-order chi connectivity index (χ1) is 17.0. The summed E-state index contributed by atoms with van der Waals surface area (Å²) in [6.07, 6.45) is 5.33. The molecule has 0 amide bonds. The van der Waals surface area contributed by atoms with Gasteiger partial charge in [-0.2, -0.15) is 0 Å². The molecule has 2 aromatic carbocycles. The molecule has 1 atom stereocenters. The molecule has 10 heteroatoms. The summed E-state index contributed by atoms with van der Waals surface area (Å²) in [7, 11) is 1.97. The fourth-order valence-electron chi connectivity index (χ4n) is 4.30. The van der Waals surface area contributed by atoms with Crippen molar-refractivity contribution in [1.82, 2.24) is 29.5 Å². The SMILES string of the molecule is Cc1cc(Nc2ncnc3cnc(N4CCC(O)C4)nc23)ccc1Oc1ccc2c(c1)ncn2C. The number of β-amino-alcohol motifs (C(OH)–C–C–N with tert-alkyl or cyclic N) is 1. The van der Waals surface area contributed by atoms with Crippen molar-refractivity contribution in [2.24, 2.45) is 7.05 Å². The molecule has 0 bridgehead atoms. The van der Waals surface area contributed by atoms with E-state index >= 15 is 0 Å². The van der Waals surface area contributed by atoms with Crippen LogP contribution < -0.4 is 15.0 Å². The van der Waals surface area contributed by atoms with Gasteiger partial charge in [0, 0.05) is 31.9 Å². The monoisotopic (exact) mass is 468 g/mol. The van der Waals surface area contributed by atoms with E-state index in [9.17, 15) is 5.11 Å². The van der Waals surface area contributed by atoms with Gasteiger partial charge in [0.2, 0.25) is 5.95 Å². The highest BCUT2D eigenvalue weighted by atomic mass is 16.5. The zero-order valence-electron chi connectivity index (χ0n) is 19.4. The lowest BCUT2D eigenvalue weighted by atomic mass is 10.2. The van der Waals surface area contributed by atoms with Crippen LogP contribution in [0.4, 0.5) is 17.5 Å². The largest absolute Gasteiger partial charge is 0.457 e. The Bertz CT molecular complexity index is 1550. The lowest BCUT2D eigenvalue weighted by Gasteiger charge is -2.16. The van der Waals surface area contributed by atoms with Gasteiger partial charge >= 0.3 is 0 Å². The summed E-state index contributed by atoms with van der Waals surface area (Å²) < 4.78 is 8.11. The van der Waals surface area contributed by atoms with Gasteiger partial charge in [0.1, 0.15) is 28.9 Å². The molecule has 0 saturated carbocycles. The molecular weight excluding hydrogens is 444 g/mol. The lowest BCUT2D eigenvalue weighted by Crippen LogP contribution is -2.23. The van der Waals surface area contributed by atoms with E-state index in [1.165, 1.54) is 6.33 Å². The van der Waals surface area contributed by atoms with Gasteiger partial charge in [0.05, 0.1) is 29.7 Å². The van der Waals surface area contributed by atoms with Crippen molar-refractivity contribution in [2.45, 2.75) is 19.4 Å². The van der Waals surface area contributed by atoms with E-state index in [-0.39, 0.29) is 6.10 Å². The van der Waals surface area contributed by atoms with Gasteiger partial charge in [-0.3, -0.25) is 0 Å². The van der Waals surface area contributed by atoms with E-state index < -0.39 is 0 Å². The summed E-state index contributed by atoms with van der Waals surface area (Å²) in [6, 6.07) is 11.7. The van der Waals surface area contributed by atoms with Gasteiger partial charge < -0.3 is 24.6 Å². The van der Waals surface area contributed by atoms with Crippen LogP contribution in [0.2, 0.25) is 0 Å². The third kappa shape index (κ3) is 4.08. The minimum atomic E-state index is -0.353. The molecule has 1 fully saturated rings. The number of nitrogens with zero attached hydrogens (tertiary/aromatic N) is 7. The van der Waals surface area contributed by atoms with Gasteiger partial charge in [0.25, 0.3) is 0 Å². The van der Waals surface area contributed by atoms with Gasteiger partial charge in [-0.1, -0.05) is 0 Å². The summed E-state index contributed by atoms with van der Waals surface area (Å²) in [4.78, 5) is 24.2. The molecule has 6 rings (SSSR count). The highest BCUT2D eigenvalue weighted by Crippen LogP contribution is 2.31. The second-order valence-electron chi connectivity index (χ2n) is 8.73. The molecule has 0 radical (unpaired) electrons. The van der Waals surface area contributed by atoms with E-state index in [2.05, 4.69) is 25.3 Å². The van der Waals surface area contributed by atoms with Crippen LogP contribution in [0, 0.1) is 6.92 Å². The van der Waals surface area contributed by atoms with Crippen LogP contribution in [0.5, 0.6) is 11.5 Å². The van der Waals surface area contributed by atoms with Gasteiger partial charge in [-0.05, 0) is 49.2 Å². The topological polar surface area (TPSA) is 114 Å². The molecule has 4 heterocycles. The molecule has 5 aromatic rings. The molecular formula is C25H24N8O2. The van der Waals surface area contributed by atoms with E-state index in [1.54, 1.807) is 12.5 Å². The average Bonchev–Trinajstić information content (AvgIpc) is 3.46. The lowest BCUT2D eigenvalue weighted by molar-refractivity contribution is 0.198.